The van der Waals surface area contributed by atoms with Gasteiger partial charge in [-0.2, -0.15) is 0 Å². The zero-order valence-corrected chi connectivity index (χ0v) is 11.4. The molecular weight excluding hydrogens is 222 g/mol. The molecule has 0 radical (unpaired) electrons. The molecule has 2 N–H and O–H groups in total. The third-order valence-electron chi connectivity index (χ3n) is 4.13. The van der Waals surface area contributed by atoms with Gasteiger partial charge in [0.15, 0.2) is 0 Å². The smallest absolute Gasteiger partial charge is 0.0436 e. The van der Waals surface area contributed by atoms with Crippen LogP contribution in [-0.4, -0.2) is 24.3 Å². The summed E-state index contributed by atoms with van der Waals surface area (Å²) in [7, 11) is 0. The van der Waals surface area contributed by atoms with Crippen LogP contribution in [0, 0.1) is 5.41 Å². The molecule has 0 aromatic heterocycles. The quantitative estimate of drug-likeness (QED) is 0.740. The molecule has 0 amide bonds. The van der Waals surface area contributed by atoms with Gasteiger partial charge in [-0.05, 0) is 50.0 Å². The predicted molar refractivity (Wildman–Crippen MR) is 75.6 cm³/mol. The van der Waals surface area contributed by atoms with Gasteiger partial charge in [-0.25, -0.2) is 0 Å². The van der Waals surface area contributed by atoms with Gasteiger partial charge < -0.3 is 10.4 Å². The highest BCUT2D eigenvalue weighted by atomic mass is 16.3. The molecule has 1 saturated carbocycles. The summed E-state index contributed by atoms with van der Waals surface area (Å²) in [5, 5.41) is 12.7. The minimum Gasteiger partial charge on any atom is -0.396 e. The molecule has 1 atom stereocenters. The number of benzene rings is 1. The van der Waals surface area contributed by atoms with Crippen LogP contribution >= 0.6 is 0 Å². The largest absolute Gasteiger partial charge is 0.396 e. The molecule has 2 rings (SSSR count). The lowest BCUT2D eigenvalue weighted by molar-refractivity contribution is 0.242. The van der Waals surface area contributed by atoms with Gasteiger partial charge in [0, 0.05) is 19.2 Å². The highest BCUT2D eigenvalue weighted by Crippen LogP contribution is 2.47. The lowest BCUT2D eigenvalue weighted by Gasteiger charge is -2.19. The summed E-state index contributed by atoms with van der Waals surface area (Å²) in [5.41, 5.74) is 1.85. The van der Waals surface area contributed by atoms with Crippen molar-refractivity contribution >= 4 is 0 Å². The fourth-order valence-corrected chi connectivity index (χ4v) is 2.45. The van der Waals surface area contributed by atoms with Crippen LogP contribution in [-0.2, 0) is 6.42 Å². The molecule has 2 heteroatoms. The number of aryl methyl sites for hydroxylation is 1. The van der Waals surface area contributed by atoms with Gasteiger partial charge in [0.05, 0.1) is 0 Å². The molecule has 2 nitrogen and oxygen atoms in total. The van der Waals surface area contributed by atoms with E-state index in [1.807, 2.05) is 0 Å². The first-order valence-corrected chi connectivity index (χ1v) is 7.12. The first-order chi connectivity index (χ1) is 8.74. The van der Waals surface area contributed by atoms with Crippen molar-refractivity contribution in [2.75, 3.05) is 13.2 Å². The topological polar surface area (TPSA) is 32.3 Å². The number of rotatable bonds is 8. The third kappa shape index (κ3) is 4.11. The Morgan fingerprint density at radius 3 is 2.61 bits per heavy atom. The summed E-state index contributed by atoms with van der Waals surface area (Å²) >= 11 is 0. The van der Waals surface area contributed by atoms with Crippen molar-refractivity contribution in [2.45, 2.75) is 45.1 Å². The minimum absolute atomic E-state index is 0.333. The maximum Gasteiger partial charge on any atom is 0.0436 e. The van der Waals surface area contributed by atoms with Crippen LogP contribution in [0.4, 0.5) is 0 Å². The highest BCUT2D eigenvalue weighted by molar-refractivity contribution is 5.14. The number of hydrogen-bond donors (Lipinski definition) is 2. The van der Waals surface area contributed by atoms with Crippen LogP contribution in [0.15, 0.2) is 30.3 Å². The summed E-state index contributed by atoms with van der Waals surface area (Å²) in [6.45, 7) is 3.67. The number of aliphatic hydroxyl groups excluding tert-OH is 1. The zero-order chi connectivity index (χ0) is 12.8. The molecule has 0 bridgehead atoms. The standard InChI is InChI=1S/C16H25NO/c1-14(7-8-15-5-3-2-4-6-15)17-13-16(9-10-16)11-12-18/h2-6,14,17-18H,7-13H2,1H3. The van der Waals surface area contributed by atoms with Crippen LogP contribution in [0.3, 0.4) is 0 Å². The van der Waals surface area contributed by atoms with Crippen molar-refractivity contribution in [3.8, 4) is 0 Å². The minimum atomic E-state index is 0.333. The molecule has 1 aliphatic rings. The van der Waals surface area contributed by atoms with Crippen LogP contribution in [0.1, 0.15) is 38.2 Å². The average molecular weight is 247 g/mol. The van der Waals surface area contributed by atoms with Gasteiger partial charge in [-0.3, -0.25) is 0 Å². The Morgan fingerprint density at radius 2 is 2.00 bits per heavy atom. The van der Waals surface area contributed by atoms with E-state index in [4.69, 9.17) is 5.11 Å². The SMILES string of the molecule is CC(CCc1ccccc1)NCC1(CCO)CC1. The second kappa shape index (κ2) is 6.35. The summed E-state index contributed by atoms with van der Waals surface area (Å²) in [6, 6.07) is 11.2. The Balaban J connectivity index is 1.65. The molecule has 18 heavy (non-hydrogen) atoms. The summed E-state index contributed by atoms with van der Waals surface area (Å²) < 4.78 is 0. The Morgan fingerprint density at radius 1 is 1.28 bits per heavy atom. The second-order valence-electron chi connectivity index (χ2n) is 5.78. The molecule has 1 aromatic rings. The molecule has 0 heterocycles. The Kier molecular flexibility index (Phi) is 4.79. The zero-order valence-electron chi connectivity index (χ0n) is 11.4. The van der Waals surface area contributed by atoms with E-state index in [9.17, 15) is 0 Å². The molecule has 1 fully saturated rings. The summed E-state index contributed by atoms with van der Waals surface area (Å²) in [4.78, 5) is 0. The van der Waals surface area contributed by atoms with Crippen molar-refractivity contribution in [1.82, 2.24) is 5.32 Å². The third-order valence-corrected chi connectivity index (χ3v) is 4.13. The van der Waals surface area contributed by atoms with E-state index < -0.39 is 0 Å². The Hall–Kier alpha value is -0.860. The molecule has 0 spiro atoms. The lowest BCUT2D eigenvalue weighted by atomic mass is 10.0. The van der Waals surface area contributed by atoms with E-state index in [2.05, 4.69) is 42.6 Å². The van der Waals surface area contributed by atoms with E-state index in [0.29, 0.717) is 18.1 Å². The van der Waals surface area contributed by atoms with E-state index in [-0.39, 0.29) is 0 Å². The molecular formula is C16H25NO. The molecule has 0 aliphatic heterocycles. The van der Waals surface area contributed by atoms with Crippen molar-refractivity contribution < 1.29 is 5.11 Å². The average Bonchev–Trinajstić information content (AvgIpc) is 3.16. The van der Waals surface area contributed by atoms with Gasteiger partial charge in [0.25, 0.3) is 0 Å². The maximum atomic E-state index is 9.03. The van der Waals surface area contributed by atoms with Gasteiger partial charge in [0.1, 0.15) is 0 Å². The van der Waals surface area contributed by atoms with Crippen LogP contribution in [0.25, 0.3) is 0 Å². The first kappa shape index (κ1) is 13.6. The maximum absolute atomic E-state index is 9.03. The highest BCUT2D eigenvalue weighted by Gasteiger charge is 2.41. The molecule has 100 valence electrons. The van der Waals surface area contributed by atoms with Crippen molar-refractivity contribution in [1.29, 1.82) is 0 Å². The predicted octanol–water partition coefficient (Wildman–Crippen LogP) is 2.76. The van der Waals surface area contributed by atoms with E-state index in [1.54, 1.807) is 0 Å². The Labute approximate surface area is 110 Å². The van der Waals surface area contributed by atoms with Crippen LogP contribution < -0.4 is 5.32 Å². The fourth-order valence-electron chi connectivity index (χ4n) is 2.45. The number of aliphatic hydroxyl groups is 1. The second-order valence-corrected chi connectivity index (χ2v) is 5.78. The van der Waals surface area contributed by atoms with E-state index in [1.165, 1.54) is 24.8 Å². The molecule has 1 aromatic carbocycles. The summed E-state index contributed by atoms with van der Waals surface area (Å²) in [6.07, 6.45) is 5.85. The van der Waals surface area contributed by atoms with E-state index in [0.717, 1.165) is 19.4 Å². The van der Waals surface area contributed by atoms with Crippen molar-refractivity contribution in [2.24, 2.45) is 5.41 Å². The van der Waals surface area contributed by atoms with Gasteiger partial charge in [0.2, 0.25) is 0 Å². The van der Waals surface area contributed by atoms with Gasteiger partial charge in [-0.1, -0.05) is 30.3 Å². The monoisotopic (exact) mass is 247 g/mol. The molecule has 1 aliphatic carbocycles. The summed E-state index contributed by atoms with van der Waals surface area (Å²) in [5.74, 6) is 0. The molecule has 0 saturated heterocycles. The fraction of sp³-hybridized carbons (Fsp3) is 0.625. The Bertz CT molecular complexity index is 345. The van der Waals surface area contributed by atoms with Gasteiger partial charge >= 0.3 is 0 Å². The van der Waals surface area contributed by atoms with Crippen molar-refractivity contribution in [3.05, 3.63) is 35.9 Å². The lowest BCUT2D eigenvalue weighted by Crippen LogP contribution is -2.32. The number of hydrogen-bond acceptors (Lipinski definition) is 2. The normalized spacial score (nSPS) is 18.6. The first-order valence-electron chi connectivity index (χ1n) is 7.12. The van der Waals surface area contributed by atoms with Crippen LogP contribution in [0.5, 0.6) is 0 Å². The number of nitrogens with one attached hydrogen (secondary N) is 1. The van der Waals surface area contributed by atoms with Crippen molar-refractivity contribution in [3.63, 3.8) is 0 Å². The molecule has 1 unspecified atom stereocenters. The van der Waals surface area contributed by atoms with Gasteiger partial charge in [-0.15, -0.1) is 0 Å². The van der Waals surface area contributed by atoms with Crippen LogP contribution in [0.2, 0.25) is 0 Å². The van der Waals surface area contributed by atoms with E-state index >= 15 is 0 Å².